The molecule has 0 aliphatic carbocycles. The number of nitrogens with zero attached hydrogens (tertiary/aromatic N) is 2. The number of ketones is 1. The molecule has 7 heteroatoms. The van der Waals surface area contributed by atoms with E-state index in [1.54, 1.807) is 25.1 Å². The van der Waals surface area contributed by atoms with E-state index in [-0.39, 0.29) is 23.0 Å². The number of phenols is 1. The Kier molecular flexibility index (Phi) is 5.30. The van der Waals surface area contributed by atoms with Crippen LogP contribution in [0.3, 0.4) is 0 Å². The molecule has 156 valence electrons. The van der Waals surface area contributed by atoms with Crippen molar-refractivity contribution in [2.45, 2.75) is 33.2 Å². The van der Waals surface area contributed by atoms with Crippen LogP contribution in [-0.2, 0) is 6.54 Å². The van der Waals surface area contributed by atoms with Crippen molar-refractivity contribution in [3.05, 3.63) is 68.5 Å². The van der Waals surface area contributed by atoms with Gasteiger partial charge >= 0.3 is 0 Å². The molecule has 0 atom stereocenters. The van der Waals surface area contributed by atoms with Crippen LogP contribution in [0.2, 0.25) is 0 Å². The third-order valence-electron chi connectivity index (χ3n) is 5.86. The molecule has 2 aromatic rings. The molecule has 0 aromatic heterocycles. The number of fused-ring (bicyclic) bond motifs is 1. The Morgan fingerprint density at radius 3 is 2.73 bits per heavy atom. The highest BCUT2D eigenvalue weighted by atomic mass is 16.6. The van der Waals surface area contributed by atoms with Gasteiger partial charge in [-0.1, -0.05) is 19.1 Å². The molecule has 0 radical (unpaired) electrons. The normalized spacial score (nSPS) is 18.5. The molecule has 0 saturated carbocycles. The maximum Gasteiger partial charge on any atom is 0.270 e. The summed E-state index contributed by atoms with van der Waals surface area (Å²) in [6.45, 7) is 6.40. The van der Waals surface area contributed by atoms with Gasteiger partial charge in [-0.25, -0.2) is 0 Å². The average molecular weight is 408 g/mol. The Hall–Kier alpha value is -3.19. The maximum atomic E-state index is 13.0. The minimum absolute atomic E-state index is 0.0545. The van der Waals surface area contributed by atoms with Gasteiger partial charge in [0, 0.05) is 18.7 Å². The van der Waals surface area contributed by atoms with E-state index in [0.717, 1.165) is 25.9 Å². The van der Waals surface area contributed by atoms with E-state index in [0.29, 0.717) is 40.5 Å². The predicted molar refractivity (Wildman–Crippen MR) is 113 cm³/mol. The van der Waals surface area contributed by atoms with Crippen LogP contribution < -0.4 is 4.74 Å². The largest absolute Gasteiger partial charge is 0.507 e. The number of non-ortho nitro benzene ring substituents is 1. The molecule has 0 bridgehead atoms. The molecular formula is C23H24N2O5. The summed E-state index contributed by atoms with van der Waals surface area (Å²) in [4.78, 5) is 25.8. The number of hydrogen-bond acceptors (Lipinski definition) is 6. The number of carbonyl (C=O) groups excluding carboxylic acids is 1. The first-order chi connectivity index (χ1) is 14.3. The maximum absolute atomic E-state index is 13.0. The van der Waals surface area contributed by atoms with Gasteiger partial charge in [-0.3, -0.25) is 19.8 Å². The number of benzene rings is 2. The van der Waals surface area contributed by atoms with E-state index in [1.807, 2.05) is 0 Å². The summed E-state index contributed by atoms with van der Waals surface area (Å²) in [6, 6.07) is 7.65. The molecule has 0 unspecified atom stereocenters. The molecule has 2 aromatic carbocycles. The summed E-state index contributed by atoms with van der Waals surface area (Å²) in [6.07, 6.45) is 3.72. The Morgan fingerprint density at radius 2 is 2.03 bits per heavy atom. The molecule has 2 aliphatic heterocycles. The van der Waals surface area contributed by atoms with Crippen LogP contribution in [0.15, 0.2) is 36.1 Å². The fourth-order valence-electron chi connectivity index (χ4n) is 4.06. The number of aromatic hydroxyl groups is 1. The number of aryl methyl sites for hydroxylation is 1. The summed E-state index contributed by atoms with van der Waals surface area (Å²) in [7, 11) is 0. The summed E-state index contributed by atoms with van der Waals surface area (Å²) in [5.74, 6) is 1.04. The monoisotopic (exact) mass is 408 g/mol. The number of likely N-dealkylation sites (tertiary alicyclic amines) is 1. The van der Waals surface area contributed by atoms with E-state index in [4.69, 9.17) is 4.74 Å². The lowest BCUT2D eigenvalue weighted by Crippen LogP contribution is -2.32. The van der Waals surface area contributed by atoms with Crippen LogP contribution in [-0.4, -0.2) is 33.8 Å². The number of rotatable bonds is 4. The van der Waals surface area contributed by atoms with Crippen molar-refractivity contribution < 1.29 is 19.6 Å². The molecule has 0 amide bonds. The van der Waals surface area contributed by atoms with Crippen molar-refractivity contribution in [3.63, 3.8) is 0 Å². The lowest BCUT2D eigenvalue weighted by Gasteiger charge is -2.30. The van der Waals surface area contributed by atoms with Gasteiger partial charge in [0.1, 0.15) is 11.5 Å². The fourth-order valence-corrected chi connectivity index (χ4v) is 4.06. The molecule has 4 rings (SSSR count). The molecule has 2 aliphatic rings. The number of carbonyl (C=O) groups is 1. The zero-order valence-corrected chi connectivity index (χ0v) is 17.1. The van der Waals surface area contributed by atoms with Crippen LogP contribution >= 0.6 is 0 Å². The Morgan fingerprint density at radius 1 is 1.30 bits per heavy atom. The number of ether oxygens (including phenoxy) is 1. The molecular weight excluding hydrogens is 384 g/mol. The number of allylic oxidation sites excluding steroid dienone is 1. The summed E-state index contributed by atoms with van der Waals surface area (Å²) < 4.78 is 5.93. The number of phenolic OH excluding ortho intramolecular Hbond substituents is 1. The van der Waals surface area contributed by atoms with Gasteiger partial charge in [-0.2, -0.15) is 0 Å². The van der Waals surface area contributed by atoms with Crippen molar-refractivity contribution in [2.24, 2.45) is 5.92 Å². The van der Waals surface area contributed by atoms with Gasteiger partial charge in [0.25, 0.3) is 5.69 Å². The van der Waals surface area contributed by atoms with Crippen LogP contribution in [0.5, 0.6) is 11.5 Å². The number of hydrogen-bond donors (Lipinski definition) is 1. The first-order valence-electron chi connectivity index (χ1n) is 10.1. The zero-order chi connectivity index (χ0) is 21.4. The standard InChI is InChI=1S/C23H24N2O5/c1-14-6-8-24(9-7-14)13-18-19(26)10-15(2)21-22(27)20(30-23(18)21)12-16-4-3-5-17(11-16)25(28)29/h3-5,10-12,14,26H,6-9,13H2,1-2H3/b20-12-. The molecule has 30 heavy (non-hydrogen) atoms. The zero-order valence-electron chi connectivity index (χ0n) is 17.1. The highest BCUT2D eigenvalue weighted by Crippen LogP contribution is 2.42. The number of nitro groups is 1. The summed E-state index contributed by atoms with van der Waals surface area (Å²) >= 11 is 0. The van der Waals surface area contributed by atoms with Crippen molar-refractivity contribution in [1.29, 1.82) is 0 Å². The number of nitro benzene ring substituents is 1. The summed E-state index contributed by atoms with van der Waals surface area (Å²) in [5.41, 5.74) is 2.16. The smallest absolute Gasteiger partial charge is 0.270 e. The highest BCUT2D eigenvalue weighted by molar-refractivity contribution is 6.15. The molecule has 1 saturated heterocycles. The Labute approximate surface area is 174 Å². The van der Waals surface area contributed by atoms with Gasteiger partial charge in [0.2, 0.25) is 5.78 Å². The lowest BCUT2D eigenvalue weighted by molar-refractivity contribution is -0.384. The van der Waals surface area contributed by atoms with Gasteiger partial charge in [0.05, 0.1) is 16.1 Å². The minimum atomic E-state index is -0.478. The van der Waals surface area contributed by atoms with Gasteiger partial charge in [-0.15, -0.1) is 0 Å². The Balaban J connectivity index is 1.67. The molecule has 1 N–H and O–H groups in total. The van der Waals surface area contributed by atoms with E-state index in [2.05, 4.69) is 11.8 Å². The first kappa shape index (κ1) is 20.1. The van der Waals surface area contributed by atoms with Crippen molar-refractivity contribution in [2.75, 3.05) is 13.1 Å². The SMILES string of the molecule is Cc1cc(O)c(CN2CCC(C)CC2)c2c1C(=O)/C(=C/c1cccc([N+](=O)[O-])c1)O2. The quantitative estimate of drug-likeness (QED) is 0.456. The van der Waals surface area contributed by atoms with Crippen molar-refractivity contribution in [3.8, 4) is 11.5 Å². The van der Waals surface area contributed by atoms with Crippen LogP contribution in [0.1, 0.15) is 46.8 Å². The highest BCUT2D eigenvalue weighted by Gasteiger charge is 2.34. The number of Topliss-reactive ketones (excluding diaryl/α,β-unsaturated/α-hetero) is 1. The summed E-state index contributed by atoms with van der Waals surface area (Å²) in [5, 5.41) is 21.6. The topological polar surface area (TPSA) is 92.9 Å². The van der Waals surface area contributed by atoms with Crippen molar-refractivity contribution in [1.82, 2.24) is 4.90 Å². The second-order valence-corrected chi connectivity index (χ2v) is 8.15. The third kappa shape index (κ3) is 3.80. The van der Waals surface area contributed by atoms with Gasteiger partial charge in [0.15, 0.2) is 5.76 Å². The number of piperidine rings is 1. The lowest BCUT2D eigenvalue weighted by atomic mass is 9.96. The fraction of sp³-hybridized carbons (Fsp3) is 0.348. The van der Waals surface area contributed by atoms with E-state index >= 15 is 0 Å². The molecule has 1 fully saturated rings. The van der Waals surface area contributed by atoms with Crippen LogP contribution in [0, 0.1) is 23.0 Å². The van der Waals surface area contributed by atoms with Crippen molar-refractivity contribution >= 4 is 17.5 Å². The second-order valence-electron chi connectivity index (χ2n) is 8.15. The van der Waals surface area contributed by atoms with Gasteiger partial charge in [-0.05, 0) is 62.0 Å². The predicted octanol–water partition coefficient (Wildman–Crippen LogP) is 4.46. The molecule has 7 nitrogen and oxygen atoms in total. The Bertz CT molecular complexity index is 1050. The van der Waals surface area contributed by atoms with E-state index < -0.39 is 4.92 Å². The third-order valence-corrected chi connectivity index (χ3v) is 5.86. The molecule has 2 heterocycles. The van der Waals surface area contributed by atoms with Crippen LogP contribution in [0.4, 0.5) is 5.69 Å². The average Bonchev–Trinajstić information content (AvgIpc) is 3.03. The van der Waals surface area contributed by atoms with Gasteiger partial charge < -0.3 is 9.84 Å². The van der Waals surface area contributed by atoms with E-state index in [9.17, 15) is 20.0 Å². The minimum Gasteiger partial charge on any atom is -0.507 e. The van der Waals surface area contributed by atoms with E-state index in [1.165, 1.54) is 18.2 Å². The van der Waals surface area contributed by atoms with Crippen LogP contribution in [0.25, 0.3) is 6.08 Å². The first-order valence-corrected chi connectivity index (χ1v) is 10.1. The second kappa shape index (κ2) is 7.91. The molecule has 0 spiro atoms.